The van der Waals surface area contributed by atoms with Crippen molar-refractivity contribution in [3.05, 3.63) is 0 Å². The van der Waals surface area contributed by atoms with Gasteiger partial charge in [-0.3, -0.25) is 0 Å². The van der Waals surface area contributed by atoms with Gasteiger partial charge in [0.05, 0.1) is 25.4 Å². The second-order valence-corrected chi connectivity index (χ2v) is 6.26. The van der Waals surface area contributed by atoms with E-state index in [1.807, 2.05) is 0 Å². The Kier molecular flexibility index (Phi) is 6.34. The fraction of sp³-hybridized carbons (Fsp3) is 1.00. The SMILES string of the molecule is CC1[C@@H](O)C(OC2OC(CO)[C@@H](O)C(O)[C@H]2C)[C@@H](CO)O[C@H]1O. The molecule has 10 atom stereocenters. The number of hydrogen-bond acceptors (Lipinski definition) is 9. The third-order valence-electron chi connectivity index (χ3n) is 4.66. The minimum atomic E-state index is -1.25. The predicted molar refractivity (Wildman–Crippen MR) is 74.9 cm³/mol. The van der Waals surface area contributed by atoms with Crippen molar-refractivity contribution in [3.8, 4) is 0 Å². The largest absolute Gasteiger partial charge is 0.394 e. The molecule has 0 aromatic carbocycles. The molecule has 0 radical (unpaired) electrons. The van der Waals surface area contributed by atoms with Gasteiger partial charge in [-0.15, -0.1) is 0 Å². The molecule has 0 aliphatic carbocycles. The van der Waals surface area contributed by atoms with E-state index in [4.69, 9.17) is 14.2 Å². The van der Waals surface area contributed by atoms with Crippen molar-refractivity contribution < 1.29 is 44.8 Å². The van der Waals surface area contributed by atoms with Crippen molar-refractivity contribution in [2.75, 3.05) is 13.2 Å². The molecule has 5 unspecified atom stereocenters. The molecule has 0 amide bonds. The first-order valence-corrected chi connectivity index (χ1v) is 7.72. The van der Waals surface area contributed by atoms with E-state index in [2.05, 4.69) is 0 Å². The first-order chi connectivity index (χ1) is 10.8. The van der Waals surface area contributed by atoms with Crippen molar-refractivity contribution in [2.24, 2.45) is 11.8 Å². The molecule has 2 rings (SSSR count). The Hall–Kier alpha value is -0.360. The van der Waals surface area contributed by atoms with Gasteiger partial charge in [0.25, 0.3) is 0 Å². The van der Waals surface area contributed by atoms with Crippen LogP contribution in [0.15, 0.2) is 0 Å². The Morgan fingerprint density at radius 3 is 1.96 bits per heavy atom. The zero-order valence-electron chi connectivity index (χ0n) is 13.1. The van der Waals surface area contributed by atoms with Crippen molar-refractivity contribution in [2.45, 2.75) is 63.1 Å². The van der Waals surface area contributed by atoms with Gasteiger partial charge in [-0.05, 0) is 0 Å². The quantitative estimate of drug-likeness (QED) is 0.318. The molecular formula is C14H26O9. The minimum Gasteiger partial charge on any atom is -0.394 e. The summed E-state index contributed by atoms with van der Waals surface area (Å²) in [5, 5.41) is 58.4. The van der Waals surface area contributed by atoms with Gasteiger partial charge in [0.15, 0.2) is 12.6 Å². The second kappa shape index (κ2) is 7.68. The summed E-state index contributed by atoms with van der Waals surface area (Å²) in [4.78, 5) is 0. The van der Waals surface area contributed by atoms with E-state index >= 15 is 0 Å². The molecule has 2 saturated heterocycles. The predicted octanol–water partition coefficient (Wildman–Crippen LogP) is -2.85. The summed E-state index contributed by atoms with van der Waals surface area (Å²) in [6, 6.07) is 0. The molecule has 2 aliphatic heterocycles. The highest BCUT2D eigenvalue weighted by molar-refractivity contribution is 4.91. The zero-order valence-corrected chi connectivity index (χ0v) is 13.1. The van der Waals surface area contributed by atoms with Crippen LogP contribution in [-0.2, 0) is 14.2 Å². The molecule has 0 saturated carbocycles. The van der Waals surface area contributed by atoms with Gasteiger partial charge in [0, 0.05) is 11.8 Å². The summed E-state index contributed by atoms with van der Waals surface area (Å²) in [7, 11) is 0. The molecule has 2 heterocycles. The van der Waals surface area contributed by atoms with Gasteiger partial charge in [0.1, 0.15) is 24.4 Å². The molecule has 6 N–H and O–H groups in total. The Morgan fingerprint density at radius 2 is 1.39 bits per heavy atom. The molecule has 9 heteroatoms. The van der Waals surface area contributed by atoms with Crippen LogP contribution in [0.2, 0.25) is 0 Å². The highest BCUT2D eigenvalue weighted by Crippen LogP contribution is 2.32. The molecule has 0 aromatic rings. The monoisotopic (exact) mass is 338 g/mol. The fourth-order valence-electron chi connectivity index (χ4n) is 2.91. The highest BCUT2D eigenvalue weighted by atomic mass is 16.7. The lowest BCUT2D eigenvalue weighted by atomic mass is 9.90. The van der Waals surface area contributed by atoms with Crippen LogP contribution in [0, 0.1) is 11.8 Å². The standard InChI is InChI=1S/C14H26O9/c1-5-10(18)12(8(4-16)21-13(5)20)23-14-6(2)9(17)11(19)7(3-15)22-14/h5-20H,3-4H2,1-2H3/t5?,6-,7?,8-,9?,10-,11-,12?,13-,14?/m1/s1. The summed E-state index contributed by atoms with van der Waals surface area (Å²) in [5.74, 6) is -1.28. The van der Waals surface area contributed by atoms with Crippen LogP contribution in [0.5, 0.6) is 0 Å². The lowest BCUT2D eigenvalue weighted by Gasteiger charge is -2.46. The maximum absolute atomic E-state index is 10.3. The average molecular weight is 338 g/mol. The molecule has 2 fully saturated rings. The van der Waals surface area contributed by atoms with Crippen LogP contribution < -0.4 is 0 Å². The zero-order chi connectivity index (χ0) is 17.3. The van der Waals surface area contributed by atoms with E-state index < -0.39 is 74.3 Å². The smallest absolute Gasteiger partial charge is 0.163 e. The molecule has 9 nitrogen and oxygen atoms in total. The molecule has 0 bridgehead atoms. The van der Waals surface area contributed by atoms with Crippen LogP contribution in [0.25, 0.3) is 0 Å². The topological polar surface area (TPSA) is 149 Å². The summed E-state index contributed by atoms with van der Waals surface area (Å²) in [6.45, 7) is 2.17. The van der Waals surface area contributed by atoms with Crippen LogP contribution >= 0.6 is 0 Å². The van der Waals surface area contributed by atoms with Gasteiger partial charge in [-0.2, -0.15) is 0 Å². The maximum Gasteiger partial charge on any atom is 0.163 e. The maximum atomic E-state index is 10.3. The Bertz CT molecular complexity index is 377. The van der Waals surface area contributed by atoms with Crippen LogP contribution in [0.4, 0.5) is 0 Å². The normalized spacial score (nSPS) is 51.7. The third kappa shape index (κ3) is 3.68. The summed E-state index contributed by atoms with van der Waals surface area (Å²) in [5.41, 5.74) is 0. The fourth-order valence-corrected chi connectivity index (χ4v) is 2.91. The Balaban J connectivity index is 2.11. The lowest BCUT2D eigenvalue weighted by Crippen LogP contribution is -2.60. The van der Waals surface area contributed by atoms with Gasteiger partial charge in [0.2, 0.25) is 0 Å². The molecule has 136 valence electrons. The van der Waals surface area contributed by atoms with Gasteiger partial charge in [-0.1, -0.05) is 13.8 Å². The van der Waals surface area contributed by atoms with Crippen molar-refractivity contribution in [1.29, 1.82) is 0 Å². The van der Waals surface area contributed by atoms with E-state index in [9.17, 15) is 30.6 Å². The number of hydrogen-bond donors (Lipinski definition) is 6. The first-order valence-electron chi connectivity index (χ1n) is 7.72. The van der Waals surface area contributed by atoms with E-state index in [1.54, 1.807) is 13.8 Å². The van der Waals surface area contributed by atoms with Crippen molar-refractivity contribution in [3.63, 3.8) is 0 Å². The van der Waals surface area contributed by atoms with Crippen LogP contribution in [0.3, 0.4) is 0 Å². The van der Waals surface area contributed by atoms with Crippen molar-refractivity contribution >= 4 is 0 Å². The molecule has 0 aromatic heterocycles. The summed E-state index contributed by atoms with van der Waals surface area (Å²) >= 11 is 0. The van der Waals surface area contributed by atoms with Gasteiger partial charge >= 0.3 is 0 Å². The molecule has 0 spiro atoms. The molecule has 2 aliphatic rings. The Labute approximate surface area is 134 Å². The minimum absolute atomic E-state index is 0.485. The summed E-state index contributed by atoms with van der Waals surface area (Å²) in [6.07, 6.45) is -8.79. The number of aliphatic hydroxyl groups excluding tert-OH is 6. The van der Waals surface area contributed by atoms with Crippen LogP contribution in [-0.4, -0.2) is 93.1 Å². The van der Waals surface area contributed by atoms with Gasteiger partial charge < -0.3 is 44.8 Å². The van der Waals surface area contributed by atoms with E-state index in [1.165, 1.54) is 0 Å². The molecular weight excluding hydrogens is 312 g/mol. The summed E-state index contributed by atoms with van der Waals surface area (Å²) < 4.78 is 16.3. The number of ether oxygens (including phenoxy) is 3. The lowest BCUT2D eigenvalue weighted by molar-refractivity contribution is -0.340. The van der Waals surface area contributed by atoms with E-state index in [-0.39, 0.29) is 0 Å². The number of aliphatic hydroxyl groups is 6. The Morgan fingerprint density at radius 1 is 0.783 bits per heavy atom. The average Bonchev–Trinajstić information content (AvgIpc) is 2.55. The van der Waals surface area contributed by atoms with E-state index in [0.29, 0.717) is 0 Å². The molecule has 23 heavy (non-hydrogen) atoms. The van der Waals surface area contributed by atoms with Crippen molar-refractivity contribution in [1.82, 2.24) is 0 Å². The first kappa shape index (κ1) is 19.0. The number of rotatable bonds is 4. The van der Waals surface area contributed by atoms with E-state index in [0.717, 1.165) is 0 Å². The highest BCUT2D eigenvalue weighted by Gasteiger charge is 2.48. The second-order valence-electron chi connectivity index (χ2n) is 6.26. The van der Waals surface area contributed by atoms with Crippen LogP contribution in [0.1, 0.15) is 13.8 Å². The van der Waals surface area contributed by atoms with Gasteiger partial charge in [-0.25, -0.2) is 0 Å². The third-order valence-corrected chi connectivity index (χ3v) is 4.66.